The lowest BCUT2D eigenvalue weighted by atomic mass is 9.91. The SMILES string of the molecule is Cc1cccc2c1CC[C@@]21NC(=O)NC1=O. The van der Waals surface area contributed by atoms with Crippen LogP contribution in [0.1, 0.15) is 23.1 Å². The van der Waals surface area contributed by atoms with Gasteiger partial charge in [-0.25, -0.2) is 4.79 Å². The molecule has 1 aliphatic carbocycles. The van der Waals surface area contributed by atoms with E-state index in [1.165, 1.54) is 11.1 Å². The van der Waals surface area contributed by atoms with Crippen LogP contribution in [-0.4, -0.2) is 11.9 Å². The number of hydrogen-bond donors (Lipinski definition) is 2. The molecule has 1 spiro atoms. The zero-order valence-electron chi connectivity index (χ0n) is 8.96. The molecule has 1 heterocycles. The molecule has 4 heteroatoms. The fourth-order valence-electron chi connectivity index (χ4n) is 2.74. The molecule has 3 amide bonds. The number of fused-ring (bicyclic) bond motifs is 2. The molecule has 0 bridgehead atoms. The first-order valence-corrected chi connectivity index (χ1v) is 5.36. The first-order chi connectivity index (χ1) is 7.63. The molecule has 3 rings (SSSR count). The van der Waals surface area contributed by atoms with Crippen molar-refractivity contribution >= 4 is 11.9 Å². The van der Waals surface area contributed by atoms with Crippen molar-refractivity contribution in [3.05, 3.63) is 34.9 Å². The summed E-state index contributed by atoms with van der Waals surface area (Å²) in [6.45, 7) is 2.03. The minimum Gasteiger partial charge on any atom is -0.319 e. The van der Waals surface area contributed by atoms with Crippen molar-refractivity contribution in [3.8, 4) is 0 Å². The zero-order valence-corrected chi connectivity index (χ0v) is 8.96. The van der Waals surface area contributed by atoms with Crippen LogP contribution in [0.5, 0.6) is 0 Å². The molecule has 4 nitrogen and oxygen atoms in total. The summed E-state index contributed by atoms with van der Waals surface area (Å²) >= 11 is 0. The van der Waals surface area contributed by atoms with Gasteiger partial charge in [0.1, 0.15) is 5.54 Å². The Morgan fingerprint density at radius 2 is 2.12 bits per heavy atom. The Kier molecular flexibility index (Phi) is 1.67. The molecule has 1 aromatic rings. The van der Waals surface area contributed by atoms with Gasteiger partial charge in [-0.2, -0.15) is 0 Å². The molecule has 2 aliphatic rings. The Labute approximate surface area is 93.0 Å². The van der Waals surface area contributed by atoms with Crippen LogP contribution >= 0.6 is 0 Å². The number of aryl methyl sites for hydroxylation is 1. The van der Waals surface area contributed by atoms with E-state index in [0.29, 0.717) is 6.42 Å². The van der Waals surface area contributed by atoms with E-state index in [0.717, 1.165) is 12.0 Å². The van der Waals surface area contributed by atoms with E-state index in [1.807, 2.05) is 25.1 Å². The maximum absolute atomic E-state index is 11.9. The Morgan fingerprint density at radius 1 is 1.31 bits per heavy atom. The van der Waals surface area contributed by atoms with E-state index < -0.39 is 5.54 Å². The van der Waals surface area contributed by atoms with Gasteiger partial charge in [0.15, 0.2) is 0 Å². The summed E-state index contributed by atoms with van der Waals surface area (Å²) in [4.78, 5) is 23.2. The number of hydrogen-bond acceptors (Lipinski definition) is 2. The second-order valence-electron chi connectivity index (χ2n) is 4.41. The van der Waals surface area contributed by atoms with Crippen LogP contribution in [0.2, 0.25) is 0 Å². The summed E-state index contributed by atoms with van der Waals surface area (Å²) in [6.07, 6.45) is 1.50. The maximum atomic E-state index is 11.9. The lowest BCUT2D eigenvalue weighted by Gasteiger charge is -2.21. The topological polar surface area (TPSA) is 58.2 Å². The molecule has 0 aromatic heterocycles. The Bertz CT molecular complexity index is 510. The molecule has 1 aliphatic heterocycles. The number of carbonyl (C=O) groups excluding carboxylic acids is 2. The van der Waals surface area contributed by atoms with Gasteiger partial charge >= 0.3 is 6.03 Å². The van der Waals surface area contributed by atoms with Crippen LogP contribution in [0, 0.1) is 6.92 Å². The highest BCUT2D eigenvalue weighted by Crippen LogP contribution is 2.40. The summed E-state index contributed by atoms with van der Waals surface area (Å²) < 4.78 is 0. The third-order valence-electron chi connectivity index (χ3n) is 3.56. The summed E-state index contributed by atoms with van der Waals surface area (Å²) in [5, 5.41) is 5.08. The molecule has 82 valence electrons. The van der Waals surface area contributed by atoms with Crippen LogP contribution in [0.3, 0.4) is 0 Å². The summed E-state index contributed by atoms with van der Waals surface area (Å²) in [7, 11) is 0. The molecule has 1 saturated heterocycles. The predicted octanol–water partition coefficient (Wildman–Crippen LogP) is 0.976. The number of nitrogens with one attached hydrogen (secondary N) is 2. The van der Waals surface area contributed by atoms with Crippen LogP contribution in [0.15, 0.2) is 18.2 Å². The van der Waals surface area contributed by atoms with Crippen LogP contribution < -0.4 is 10.6 Å². The van der Waals surface area contributed by atoms with E-state index >= 15 is 0 Å². The van der Waals surface area contributed by atoms with Gasteiger partial charge < -0.3 is 5.32 Å². The highest BCUT2D eigenvalue weighted by molar-refractivity contribution is 6.08. The third kappa shape index (κ3) is 0.988. The lowest BCUT2D eigenvalue weighted by molar-refractivity contribution is -0.124. The van der Waals surface area contributed by atoms with Crippen LogP contribution in [-0.2, 0) is 16.8 Å². The third-order valence-corrected chi connectivity index (χ3v) is 3.56. The number of carbonyl (C=O) groups is 2. The standard InChI is InChI=1S/C12H12N2O2/c1-7-3-2-4-9-8(7)5-6-12(9)10(15)13-11(16)14-12/h2-4H,5-6H2,1H3,(H2,13,14,15,16)/t12-/m1/s1. The largest absolute Gasteiger partial charge is 0.322 e. The van der Waals surface area contributed by atoms with Crippen LogP contribution in [0.25, 0.3) is 0 Å². The van der Waals surface area contributed by atoms with Crippen molar-refractivity contribution in [3.63, 3.8) is 0 Å². The Hall–Kier alpha value is -1.84. The Balaban J connectivity index is 2.19. The average molecular weight is 216 g/mol. The van der Waals surface area contributed by atoms with Crippen molar-refractivity contribution in [2.45, 2.75) is 25.3 Å². The highest BCUT2D eigenvalue weighted by Gasteiger charge is 2.51. The number of rotatable bonds is 0. The van der Waals surface area contributed by atoms with Gasteiger partial charge in [-0.1, -0.05) is 18.2 Å². The predicted molar refractivity (Wildman–Crippen MR) is 57.9 cm³/mol. The number of amides is 3. The smallest absolute Gasteiger partial charge is 0.319 e. The molecular weight excluding hydrogens is 204 g/mol. The second kappa shape index (κ2) is 2.84. The second-order valence-corrected chi connectivity index (χ2v) is 4.41. The zero-order chi connectivity index (χ0) is 11.3. The van der Waals surface area contributed by atoms with Gasteiger partial charge in [0.25, 0.3) is 5.91 Å². The van der Waals surface area contributed by atoms with Gasteiger partial charge in [0.2, 0.25) is 0 Å². The molecule has 2 N–H and O–H groups in total. The van der Waals surface area contributed by atoms with Gasteiger partial charge in [-0.15, -0.1) is 0 Å². The Morgan fingerprint density at radius 3 is 2.81 bits per heavy atom. The minimum absolute atomic E-state index is 0.221. The number of benzene rings is 1. The first kappa shape index (κ1) is 9.39. The molecule has 0 saturated carbocycles. The van der Waals surface area contributed by atoms with Crippen molar-refractivity contribution in [2.75, 3.05) is 0 Å². The van der Waals surface area contributed by atoms with Gasteiger partial charge in [-0.3, -0.25) is 10.1 Å². The molecule has 0 unspecified atom stereocenters. The summed E-state index contributed by atoms with van der Waals surface area (Å²) in [5.74, 6) is -0.221. The first-order valence-electron chi connectivity index (χ1n) is 5.36. The van der Waals surface area contributed by atoms with E-state index in [-0.39, 0.29) is 11.9 Å². The van der Waals surface area contributed by atoms with Gasteiger partial charge in [0, 0.05) is 0 Å². The molecular formula is C12H12N2O2. The lowest BCUT2D eigenvalue weighted by Crippen LogP contribution is -2.41. The normalized spacial score (nSPS) is 26.8. The fraction of sp³-hybridized carbons (Fsp3) is 0.333. The minimum atomic E-state index is -0.807. The van der Waals surface area contributed by atoms with Gasteiger partial charge in [0.05, 0.1) is 0 Å². The molecule has 0 radical (unpaired) electrons. The average Bonchev–Trinajstić information content (AvgIpc) is 2.72. The van der Waals surface area contributed by atoms with E-state index in [2.05, 4.69) is 10.6 Å². The monoisotopic (exact) mass is 216 g/mol. The van der Waals surface area contributed by atoms with Crippen molar-refractivity contribution < 1.29 is 9.59 Å². The highest BCUT2D eigenvalue weighted by atomic mass is 16.2. The van der Waals surface area contributed by atoms with E-state index in [4.69, 9.17) is 0 Å². The quantitative estimate of drug-likeness (QED) is 0.635. The fourth-order valence-corrected chi connectivity index (χ4v) is 2.74. The van der Waals surface area contributed by atoms with Crippen molar-refractivity contribution in [1.82, 2.24) is 10.6 Å². The van der Waals surface area contributed by atoms with Gasteiger partial charge in [-0.05, 0) is 36.5 Å². The maximum Gasteiger partial charge on any atom is 0.322 e. The van der Waals surface area contributed by atoms with E-state index in [9.17, 15) is 9.59 Å². The molecule has 1 fully saturated rings. The number of urea groups is 1. The molecule has 1 atom stereocenters. The van der Waals surface area contributed by atoms with Crippen molar-refractivity contribution in [1.29, 1.82) is 0 Å². The number of imide groups is 1. The van der Waals surface area contributed by atoms with Crippen LogP contribution in [0.4, 0.5) is 4.79 Å². The summed E-state index contributed by atoms with van der Waals surface area (Å²) in [6, 6.07) is 5.51. The van der Waals surface area contributed by atoms with E-state index in [1.54, 1.807) is 0 Å². The molecule has 1 aromatic carbocycles. The summed E-state index contributed by atoms with van der Waals surface area (Å²) in [5.41, 5.74) is 2.53. The molecule has 16 heavy (non-hydrogen) atoms. The van der Waals surface area contributed by atoms with Crippen molar-refractivity contribution in [2.24, 2.45) is 0 Å².